The molecule has 0 amide bonds. The van der Waals surface area contributed by atoms with Gasteiger partial charge in [-0.15, -0.1) is 0 Å². The molecular weight excluding hydrogens is 214 g/mol. The van der Waals surface area contributed by atoms with Crippen LogP contribution in [0.3, 0.4) is 0 Å². The van der Waals surface area contributed by atoms with Crippen molar-refractivity contribution >= 4 is 18.2 Å². The summed E-state index contributed by atoms with van der Waals surface area (Å²) in [6.45, 7) is 2.39. The molecule has 0 bridgehead atoms. The summed E-state index contributed by atoms with van der Waals surface area (Å²) in [6.07, 6.45) is 1.84. The highest BCUT2D eigenvalue weighted by Gasteiger charge is 1.93. The Morgan fingerprint density at radius 1 is 1.47 bits per heavy atom. The molecule has 0 saturated carbocycles. The van der Waals surface area contributed by atoms with Gasteiger partial charge < -0.3 is 14.0 Å². The Kier molecular flexibility index (Phi) is 5.00. The van der Waals surface area contributed by atoms with Gasteiger partial charge >= 0.3 is 5.97 Å². The van der Waals surface area contributed by atoms with Crippen LogP contribution in [0.1, 0.15) is 6.92 Å². The van der Waals surface area contributed by atoms with Crippen molar-refractivity contribution in [3.05, 3.63) is 29.0 Å². The van der Waals surface area contributed by atoms with Crippen molar-refractivity contribution in [2.24, 2.45) is 0 Å². The molecule has 0 fully saturated rings. The predicted molar refractivity (Wildman–Crippen MR) is 57.9 cm³/mol. The Labute approximate surface area is 93.4 Å². The van der Waals surface area contributed by atoms with Crippen molar-refractivity contribution in [2.75, 3.05) is 13.2 Å². The van der Waals surface area contributed by atoms with Crippen molar-refractivity contribution < 1.29 is 14.3 Å². The third-order valence-electron chi connectivity index (χ3n) is 1.66. The van der Waals surface area contributed by atoms with Crippen LogP contribution in [-0.2, 0) is 21.0 Å². The third-order valence-corrected chi connectivity index (χ3v) is 2.03. The van der Waals surface area contributed by atoms with Crippen molar-refractivity contribution in [3.63, 3.8) is 0 Å². The Hall–Kier alpha value is -1.20. The average Bonchev–Trinajstić information content (AvgIpc) is 2.20. The number of aromatic nitrogens is 1. The van der Waals surface area contributed by atoms with Crippen LogP contribution in [0.25, 0.3) is 0 Å². The second kappa shape index (κ2) is 6.31. The third kappa shape index (κ3) is 4.71. The minimum Gasteiger partial charge on any atom is -0.463 e. The lowest BCUT2D eigenvalue weighted by molar-refractivity contribution is -0.142. The maximum Gasteiger partial charge on any atom is 0.302 e. The van der Waals surface area contributed by atoms with Gasteiger partial charge in [-0.2, -0.15) is 0 Å². The van der Waals surface area contributed by atoms with Gasteiger partial charge in [-0.3, -0.25) is 4.79 Å². The standard InChI is InChI=1S/C10H13NO3S/c1-9(12)14-7-6-13-8-11-5-3-2-4-10(11)15/h2-5H,6-8H2,1H3. The quantitative estimate of drug-likeness (QED) is 0.436. The molecule has 0 atom stereocenters. The first kappa shape index (κ1) is 11.9. The fourth-order valence-corrected chi connectivity index (χ4v) is 1.17. The van der Waals surface area contributed by atoms with Crippen LogP contribution in [0, 0.1) is 4.64 Å². The van der Waals surface area contributed by atoms with E-state index in [1.807, 2.05) is 24.4 Å². The Bertz CT molecular complexity index is 375. The number of esters is 1. The molecule has 5 heteroatoms. The van der Waals surface area contributed by atoms with Crippen molar-refractivity contribution in [3.8, 4) is 0 Å². The van der Waals surface area contributed by atoms with Crippen LogP contribution >= 0.6 is 12.2 Å². The van der Waals surface area contributed by atoms with E-state index in [2.05, 4.69) is 0 Å². The van der Waals surface area contributed by atoms with Gasteiger partial charge in [0.25, 0.3) is 0 Å². The first-order valence-corrected chi connectivity index (χ1v) is 4.97. The molecule has 1 aromatic rings. The number of hydrogen-bond donors (Lipinski definition) is 0. The topological polar surface area (TPSA) is 40.5 Å². The number of hydrogen-bond acceptors (Lipinski definition) is 4. The van der Waals surface area contributed by atoms with E-state index in [0.717, 1.165) is 0 Å². The lowest BCUT2D eigenvalue weighted by Gasteiger charge is -2.07. The maximum atomic E-state index is 10.4. The van der Waals surface area contributed by atoms with E-state index in [1.165, 1.54) is 6.92 Å². The molecule has 0 radical (unpaired) electrons. The molecule has 0 aromatic carbocycles. The van der Waals surface area contributed by atoms with Crippen LogP contribution in [0.4, 0.5) is 0 Å². The first-order valence-electron chi connectivity index (χ1n) is 4.57. The highest BCUT2D eigenvalue weighted by molar-refractivity contribution is 7.71. The van der Waals surface area contributed by atoms with Crippen LogP contribution < -0.4 is 0 Å². The summed E-state index contributed by atoms with van der Waals surface area (Å²) in [5.41, 5.74) is 0. The summed E-state index contributed by atoms with van der Waals surface area (Å²) in [7, 11) is 0. The minimum atomic E-state index is -0.296. The number of pyridine rings is 1. The van der Waals surface area contributed by atoms with Crippen LogP contribution in [0.5, 0.6) is 0 Å². The van der Waals surface area contributed by atoms with Gasteiger partial charge in [0.15, 0.2) is 0 Å². The van der Waals surface area contributed by atoms with E-state index < -0.39 is 0 Å². The molecule has 4 nitrogen and oxygen atoms in total. The van der Waals surface area contributed by atoms with E-state index in [1.54, 1.807) is 4.57 Å². The van der Waals surface area contributed by atoms with Gasteiger partial charge in [0.05, 0.1) is 6.61 Å². The Morgan fingerprint density at radius 3 is 2.93 bits per heavy atom. The van der Waals surface area contributed by atoms with Crippen molar-refractivity contribution in [2.45, 2.75) is 13.7 Å². The molecule has 1 heterocycles. The molecule has 0 aliphatic heterocycles. The molecular formula is C10H13NO3S. The Morgan fingerprint density at radius 2 is 2.27 bits per heavy atom. The second-order valence-corrected chi connectivity index (χ2v) is 3.30. The predicted octanol–water partition coefficient (Wildman–Crippen LogP) is 1.75. The summed E-state index contributed by atoms with van der Waals surface area (Å²) in [5.74, 6) is -0.296. The monoisotopic (exact) mass is 227 g/mol. The zero-order valence-corrected chi connectivity index (χ0v) is 9.33. The van der Waals surface area contributed by atoms with Crippen molar-refractivity contribution in [1.82, 2.24) is 4.57 Å². The molecule has 0 spiro atoms. The second-order valence-electron chi connectivity index (χ2n) is 2.89. The first-order chi connectivity index (χ1) is 7.20. The van der Waals surface area contributed by atoms with Gasteiger partial charge in [0, 0.05) is 13.1 Å². The number of carbonyl (C=O) groups excluding carboxylic acids is 1. The summed E-state index contributed by atoms with van der Waals surface area (Å²) in [6, 6.07) is 5.58. The molecule has 15 heavy (non-hydrogen) atoms. The molecule has 1 rings (SSSR count). The fourth-order valence-electron chi connectivity index (χ4n) is 0.975. The molecule has 0 saturated heterocycles. The minimum absolute atomic E-state index is 0.273. The molecule has 82 valence electrons. The SMILES string of the molecule is CC(=O)OCCOCn1ccccc1=S. The van der Waals surface area contributed by atoms with Crippen LogP contribution in [0.15, 0.2) is 24.4 Å². The Balaban J connectivity index is 2.24. The van der Waals surface area contributed by atoms with Crippen LogP contribution in [-0.4, -0.2) is 23.8 Å². The smallest absolute Gasteiger partial charge is 0.302 e. The molecule has 0 aliphatic rings. The van der Waals surface area contributed by atoms with Crippen molar-refractivity contribution in [1.29, 1.82) is 0 Å². The number of nitrogens with zero attached hydrogens (tertiary/aromatic N) is 1. The average molecular weight is 227 g/mol. The normalized spacial score (nSPS) is 9.93. The maximum absolute atomic E-state index is 10.4. The summed E-state index contributed by atoms with van der Waals surface area (Å²) < 4.78 is 12.5. The highest BCUT2D eigenvalue weighted by atomic mass is 32.1. The van der Waals surface area contributed by atoms with E-state index in [-0.39, 0.29) is 12.6 Å². The highest BCUT2D eigenvalue weighted by Crippen LogP contribution is 1.94. The fraction of sp³-hybridized carbons (Fsp3) is 0.400. The van der Waals surface area contributed by atoms with Gasteiger partial charge in [-0.05, 0) is 12.1 Å². The molecule has 0 aliphatic carbocycles. The van der Waals surface area contributed by atoms with E-state index in [9.17, 15) is 4.79 Å². The molecule has 0 N–H and O–H groups in total. The summed E-state index contributed by atoms with van der Waals surface area (Å²) in [4.78, 5) is 10.4. The number of rotatable bonds is 5. The van der Waals surface area contributed by atoms with Gasteiger partial charge in [-0.1, -0.05) is 18.3 Å². The lowest BCUT2D eigenvalue weighted by Crippen LogP contribution is -2.10. The van der Waals surface area contributed by atoms with E-state index in [0.29, 0.717) is 18.0 Å². The largest absolute Gasteiger partial charge is 0.463 e. The molecule has 1 aromatic heterocycles. The zero-order chi connectivity index (χ0) is 11.1. The summed E-state index contributed by atoms with van der Waals surface area (Å²) >= 11 is 5.07. The van der Waals surface area contributed by atoms with Crippen LogP contribution in [0.2, 0.25) is 0 Å². The molecule has 0 unspecified atom stereocenters. The number of carbonyl (C=O) groups is 1. The zero-order valence-electron chi connectivity index (χ0n) is 8.51. The lowest BCUT2D eigenvalue weighted by atomic mass is 10.5. The van der Waals surface area contributed by atoms with E-state index >= 15 is 0 Å². The van der Waals surface area contributed by atoms with E-state index in [4.69, 9.17) is 21.7 Å². The van der Waals surface area contributed by atoms with Gasteiger partial charge in [0.1, 0.15) is 18.0 Å². The number of ether oxygens (including phenoxy) is 2. The van der Waals surface area contributed by atoms with Gasteiger partial charge in [0.2, 0.25) is 0 Å². The van der Waals surface area contributed by atoms with Gasteiger partial charge in [-0.25, -0.2) is 0 Å². The summed E-state index contributed by atoms with van der Waals surface area (Å²) in [5, 5.41) is 0.